The molecule has 8 nitrogen and oxygen atoms in total. The van der Waals surface area contributed by atoms with Crippen LogP contribution in [0.5, 0.6) is 11.5 Å². The van der Waals surface area contributed by atoms with Crippen LogP contribution in [0, 0.1) is 6.92 Å². The van der Waals surface area contributed by atoms with Crippen LogP contribution in [0.3, 0.4) is 0 Å². The lowest BCUT2D eigenvalue weighted by Gasteiger charge is -2.11. The van der Waals surface area contributed by atoms with Crippen LogP contribution in [0.25, 0.3) is 0 Å². The lowest BCUT2D eigenvalue weighted by molar-refractivity contribution is -0.118. The molecule has 1 heterocycles. The first-order chi connectivity index (χ1) is 12.4. The highest BCUT2D eigenvalue weighted by molar-refractivity contribution is 7.99. The van der Waals surface area contributed by atoms with E-state index in [0.717, 1.165) is 5.56 Å². The number of nitrogens with one attached hydrogen (secondary N) is 1. The Hall–Kier alpha value is -2.56. The number of halogens is 2. The average Bonchev–Trinajstić information content (AvgIpc) is 2.92. The van der Waals surface area contributed by atoms with Gasteiger partial charge in [-0.15, -0.1) is 10.2 Å². The molecule has 0 aliphatic rings. The normalized spacial score (nSPS) is 10.8. The highest BCUT2D eigenvalue weighted by atomic mass is 32.2. The van der Waals surface area contributed by atoms with E-state index in [1.165, 1.54) is 29.6 Å². The number of aryl methyl sites for hydroxylation is 1. The van der Waals surface area contributed by atoms with Gasteiger partial charge in [0.1, 0.15) is 5.82 Å². The number of aromatic nitrogens is 3. The molecule has 2 rings (SSSR count). The first-order valence-electron chi connectivity index (χ1n) is 7.59. The second-order valence-electron chi connectivity index (χ2n) is 5.15. The smallest absolute Gasteiger partial charge is 0.387 e. The van der Waals surface area contributed by atoms with E-state index in [-0.39, 0.29) is 23.2 Å². The summed E-state index contributed by atoms with van der Waals surface area (Å²) in [5, 5.41) is 10.9. The van der Waals surface area contributed by atoms with Crippen molar-refractivity contribution in [3.8, 4) is 11.5 Å². The maximum Gasteiger partial charge on any atom is 0.387 e. The van der Waals surface area contributed by atoms with Crippen LogP contribution < -0.4 is 20.6 Å². The Morgan fingerprint density at radius 2 is 2.15 bits per heavy atom. The molecule has 0 aliphatic heterocycles. The second kappa shape index (κ2) is 9.22. The van der Waals surface area contributed by atoms with E-state index in [0.29, 0.717) is 23.9 Å². The number of nitrogen functional groups attached to an aromatic ring is 1. The number of carbonyl (C=O) groups excluding carboxylic acids is 1. The van der Waals surface area contributed by atoms with Crippen LogP contribution in [0.15, 0.2) is 23.4 Å². The summed E-state index contributed by atoms with van der Waals surface area (Å²) in [6.07, 6.45) is 0.508. The number of alkyl halides is 2. The molecule has 1 aromatic carbocycles. The lowest BCUT2D eigenvalue weighted by Crippen LogP contribution is -2.27. The lowest BCUT2D eigenvalue weighted by atomic mass is 10.1. The SMILES string of the molecule is COc1cc(CCNC(=O)CSc2nnc(C)n2N)ccc1OC(F)F. The van der Waals surface area contributed by atoms with Crippen LogP contribution in [0.2, 0.25) is 0 Å². The predicted octanol–water partition coefficient (Wildman–Crippen LogP) is 1.36. The minimum Gasteiger partial charge on any atom is -0.493 e. The molecule has 0 spiro atoms. The van der Waals surface area contributed by atoms with Crippen LogP contribution in [-0.2, 0) is 11.2 Å². The van der Waals surface area contributed by atoms with Crippen molar-refractivity contribution < 1.29 is 23.0 Å². The van der Waals surface area contributed by atoms with Gasteiger partial charge in [-0.2, -0.15) is 8.78 Å². The van der Waals surface area contributed by atoms with Crippen LogP contribution >= 0.6 is 11.8 Å². The Bertz CT molecular complexity index is 757. The first kappa shape index (κ1) is 19.8. The molecular weight excluding hydrogens is 368 g/mol. The molecule has 0 radical (unpaired) electrons. The Labute approximate surface area is 153 Å². The molecule has 26 heavy (non-hydrogen) atoms. The summed E-state index contributed by atoms with van der Waals surface area (Å²) in [5.74, 6) is 6.41. The number of benzene rings is 1. The van der Waals surface area contributed by atoms with Gasteiger partial charge in [0, 0.05) is 6.54 Å². The quantitative estimate of drug-likeness (QED) is 0.494. The van der Waals surface area contributed by atoms with Gasteiger partial charge in [0.15, 0.2) is 11.5 Å². The number of nitrogens with two attached hydrogens (primary N) is 1. The molecule has 2 aromatic rings. The summed E-state index contributed by atoms with van der Waals surface area (Å²) in [7, 11) is 1.37. The molecule has 0 aliphatic carbocycles. The average molecular weight is 387 g/mol. The van der Waals surface area contributed by atoms with Crippen molar-refractivity contribution in [2.24, 2.45) is 0 Å². The molecule has 0 saturated carbocycles. The second-order valence-corrected chi connectivity index (χ2v) is 6.09. The van der Waals surface area contributed by atoms with Crippen LogP contribution in [-0.4, -0.2) is 46.8 Å². The summed E-state index contributed by atoms with van der Waals surface area (Å²) in [5.41, 5.74) is 0.814. The molecule has 0 atom stereocenters. The summed E-state index contributed by atoms with van der Waals surface area (Å²) >= 11 is 1.18. The molecule has 0 saturated heterocycles. The third-order valence-corrected chi connectivity index (χ3v) is 4.29. The molecule has 11 heteroatoms. The third-order valence-electron chi connectivity index (χ3n) is 3.35. The molecule has 1 aromatic heterocycles. The summed E-state index contributed by atoms with van der Waals surface area (Å²) in [6.45, 7) is -0.829. The Morgan fingerprint density at radius 3 is 2.77 bits per heavy atom. The van der Waals surface area contributed by atoms with Gasteiger partial charge in [-0.05, 0) is 31.0 Å². The van der Waals surface area contributed by atoms with Crippen LogP contribution in [0.4, 0.5) is 8.78 Å². The van der Waals surface area contributed by atoms with Crippen molar-refractivity contribution in [3.05, 3.63) is 29.6 Å². The minimum absolute atomic E-state index is 0.0344. The van der Waals surface area contributed by atoms with E-state index in [9.17, 15) is 13.6 Å². The number of thioether (sulfide) groups is 1. The van der Waals surface area contributed by atoms with Gasteiger partial charge in [-0.3, -0.25) is 4.79 Å². The molecule has 1 amide bonds. The van der Waals surface area contributed by atoms with Crippen molar-refractivity contribution in [2.75, 3.05) is 25.3 Å². The minimum atomic E-state index is -2.92. The maximum atomic E-state index is 12.3. The predicted molar refractivity (Wildman–Crippen MR) is 92.0 cm³/mol. The van der Waals surface area contributed by atoms with Crippen molar-refractivity contribution in [1.82, 2.24) is 20.2 Å². The number of nitrogens with zero attached hydrogens (tertiary/aromatic N) is 3. The molecule has 0 fully saturated rings. The van der Waals surface area contributed by atoms with E-state index in [2.05, 4.69) is 20.3 Å². The zero-order valence-electron chi connectivity index (χ0n) is 14.2. The zero-order chi connectivity index (χ0) is 19.1. The van der Waals surface area contributed by atoms with Crippen LogP contribution in [0.1, 0.15) is 11.4 Å². The van der Waals surface area contributed by atoms with E-state index < -0.39 is 6.61 Å². The number of ether oxygens (including phenoxy) is 2. The molecule has 3 N–H and O–H groups in total. The number of hydrogen-bond donors (Lipinski definition) is 2. The van der Waals surface area contributed by atoms with Crippen molar-refractivity contribution >= 4 is 17.7 Å². The molecular formula is C15H19F2N5O3S. The number of rotatable bonds is 9. The highest BCUT2D eigenvalue weighted by Crippen LogP contribution is 2.29. The van der Waals surface area contributed by atoms with Crippen molar-refractivity contribution in [3.63, 3.8) is 0 Å². The van der Waals surface area contributed by atoms with Gasteiger partial charge < -0.3 is 20.6 Å². The van der Waals surface area contributed by atoms with Crippen molar-refractivity contribution in [2.45, 2.75) is 25.1 Å². The fourth-order valence-corrected chi connectivity index (χ4v) is 2.77. The summed E-state index contributed by atoms with van der Waals surface area (Å²) in [6, 6.07) is 4.65. The van der Waals surface area contributed by atoms with E-state index in [1.807, 2.05) is 0 Å². The number of carbonyl (C=O) groups is 1. The molecule has 142 valence electrons. The van der Waals surface area contributed by atoms with Gasteiger partial charge in [0.05, 0.1) is 12.9 Å². The van der Waals surface area contributed by atoms with E-state index in [4.69, 9.17) is 10.6 Å². The fraction of sp³-hybridized carbons (Fsp3) is 0.400. The number of methoxy groups -OCH3 is 1. The van der Waals surface area contributed by atoms with Gasteiger partial charge in [0.25, 0.3) is 0 Å². The topological polar surface area (TPSA) is 104 Å². The Morgan fingerprint density at radius 1 is 1.38 bits per heavy atom. The zero-order valence-corrected chi connectivity index (χ0v) is 15.1. The van der Waals surface area contributed by atoms with Gasteiger partial charge in [-0.1, -0.05) is 17.8 Å². The third kappa shape index (κ3) is 5.48. The maximum absolute atomic E-state index is 12.3. The summed E-state index contributed by atoms with van der Waals surface area (Å²) < 4.78 is 35.3. The molecule has 0 bridgehead atoms. The molecule has 0 unspecified atom stereocenters. The van der Waals surface area contributed by atoms with E-state index >= 15 is 0 Å². The number of hydrogen-bond acceptors (Lipinski definition) is 7. The largest absolute Gasteiger partial charge is 0.493 e. The van der Waals surface area contributed by atoms with Gasteiger partial charge in [0.2, 0.25) is 11.1 Å². The summed E-state index contributed by atoms with van der Waals surface area (Å²) in [4.78, 5) is 11.9. The van der Waals surface area contributed by atoms with Gasteiger partial charge in [-0.25, -0.2) is 4.68 Å². The van der Waals surface area contributed by atoms with E-state index in [1.54, 1.807) is 19.1 Å². The standard InChI is InChI=1S/C15H19F2N5O3S/c1-9-20-21-15(22(9)18)26-8-13(23)19-6-5-10-3-4-11(25-14(16)17)12(7-10)24-2/h3-4,7,14H,5-6,8,18H2,1-2H3,(H,19,23). The Balaban J connectivity index is 1.79. The first-order valence-corrected chi connectivity index (χ1v) is 8.57. The monoisotopic (exact) mass is 387 g/mol. The Kier molecular flexibility index (Phi) is 7.01. The van der Waals surface area contributed by atoms with Gasteiger partial charge >= 0.3 is 6.61 Å². The van der Waals surface area contributed by atoms with Crippen molar-refractivity contribution in [1.29, 1.82) is 0 Å². The fourth-order valence-electron chi connectivity index (χ4n) is 2.04. The highest BCUT2D eigenvalue weighted by Gasteiger charge is 2.12. The number of amides is 1.